The van der Waals surface area contributed by atoms with Gasteiger partial charge in [0.1, 0.15) is 24.2 Å². The lowest BCUT2D eigenvalue weighted by molar-refractivity contribution is -0.140. The molecule has 1 N–H and O–H groups in total. The first-order valence-electron chi connectivity index (χ1n) is 15.9. The second-order valence-corrected chi connectivity index (χ2v) is 14.3. The standard InChI is InChI=1S/C37H39ClFN3O5S/c1-26-12-19-32(20-13-26)48(45,46)42(31-18-21-35(47-2)33(38)23-31)25-36(43)41(24-28-14-16-29(39)17-15-28)34(22-27-8-4-3-5-9-27)37(44)40-30-10-6-7-11-30/h3-5,8-9,12-21,23,30,34H,6-7,10-11,22,24-25H2,1-2H3,(H,40,44)/t34-/m0/s1. The number of benzene rings is 4. The first kappa shape index (κ1) is 34.9. The van der Waals surface area contributed by atoms with E-state index in [1.807, 2.05) is 37.3 Å². The molecule has 11 heteroatoms. The lowest BCUT2D eigenvalue weighted by atomic mass is 10.0. The number of carbonyl (C=O) groups excluding carboxylic acids is 2. The monoisotopic (exact) mass is 691 g/mol. The minimum absolute atomic E-state index is 0.0154. The Morgan fingerprint density at radius 1 is 0.938 bits per heavy atom. The van der Waals surface area contributed by atoms with E-state index in [-0.39, 0.29) is 40.5 Å². The van der Waals surface area contributed by atoms with E-state index in [1.165, 1.54) is 54.5 Å². The predicted octanol–water partition coefficient (Wildman–Crippen LogP) is 6.69. The molecule has 0 heterocycles. The van der Waals surface area contributed by atoms with Gasteiger partial charge in [0, 0.05) is 19.0 Å². The smallest absolute Gasteiger partial charge is 0.264 e. The Morgan fingerprint density at radius 2 is 1.60 bits per heavy atom. The molecular weight excluding hydrogens is 653 g/mol. The third kappa shape index (κ3) is 8.54. The average Bonchev–Trinajstić information content (AvgIpc) is 3.59. The molecule has 0 aromatic heterocycles. The van der Waals surface area contributed by atoms with Crippen LogP contribution >= 0.6 is 11.6 Å². The van der Waals surface area contributed by atoms with E-state index in [0.717, 1.165) is 41.1 Å². The van der Waals surface area contributed by atoms with E-state index in [4.69, 9.17) is 16.3 Å². The second-order valence-electron chi connectivity index (χ2n) is 12.0. The van der Waals surface area contributed by atoms with Crippen molar-refractivity contribution in [2.75, 3.05) is 18.0 Å². The third-order valence-electron chi connectivity index (χ3n) is 8.55. The van der Waals surface area contributed by atoms with Crippen LogP contribution in [0.3, 0.4) is 0 Å². The van der Waals surface area contributed by atoms with E-state index >= 15 is 0 Å². The molecule has 1 saturated carbocycles. The number of anilines is 1. The molecule has 4 aromatic rings. The summed E-state index contributed by atoms with van der Waals surface area (Å²) in [5.41, 5.74) is 2.42. The normalized spacial score (nSPS) is 13.9. The van der Waals surface area contributed by atoms with E-state index in [0.29, 0.717) is 11.3 Å². The number of ether oxygens (including phenoxy) is 1. The molecule has 8 nitrogen and oxygen atoms in total. The van der Waals surface area contributed by atoms with Crippen LogP contribution in [-0.2, 0) is 32.6 Å². The average molecular weight is 692 g/mol. The number of aryl methyl sites for hydroxylation is 1. The van der Waals surface area contributed by atoms with Crippen molar-refractivity contribution in [1.82, 2.24) is 10.2 Å². The summed E-state index contributed by atoms with van der Waals surface area (Å²) < 4.78 is 48.7. The number of amides is 2. The summed E-state index contributed by atoms with van der Waals surface area (Å²) in [5, 5.41) is 3.30. The number of nitrogens with one attached hydrogen (secondary N) is 1. The van der Waals surface area contributed by atoms with Gasteiger partial charge in [-0.2, -0.15) is 0 Å². The lowest BCUT2D eigenvalue weighted by Crippen LogP contribution is -2.54. The van der Waals surface area contributed by atoms with Crippen molar-refractivity contribution in [3.05, 3.63) is 125 Å². The van der Waals surface area contributed by atoms with Gasteiger partial charge >= 0.3 is 0 Å². The Bertz CT molecular complexity index is 1820. The molecule has 5 rings (SSSR count). The van der Waals surface area contributed by atoms with Gasteiger partial charge in [-0.15, -0.1) is 0 Å². The predicted molar refractivity (Wildman–Crippen MR) is 185 cm³/mol. The Hall–Kier alpha value is -4.41. The molecule has 1 fully saturated rings. The molecule has 0 aliphatic heterocycles. The summed E-state index contributed by atoms with van der Waals surface area (Å²) in [4.78, 5) is 30.1. The van der Waals surface area contributed by atoms with Crippen LogP contribution in [0.1, 0.15) is 42.4 Å². The third-order valence-corrected chi connectivity index (χ3v) is 10.6. The number of rotatable bonds is 13. The van der Waals surface area contributed by atoms with Gasteiger partial charge in [0.2, 0.25) is 11.8 Å². The SMILES string of the molecule is COc1ccc(N(CC(=O)N(Cc2ccc(F)cc2)[C@@H](Cc2ccccc2)C(=O)NC2CCCC2)S(=O)(=O)c2ccc(C)cc2)cc1Cl. The molecule has 0 saturated heterocycles. The number of hydrogen-bond acceptors (Lipinski definition) is 5. The van der Waals surface area contributed by atoms with Crippen LogP contribution in [0.5, 0.6) is 5.75 Å². The maximum Gasteiger partial charge on any atom is 0.264 e. The molecule has 1 atom stereocenters. The molecular formula is C37H39ClFN3O5S. The zero-order valence-electron chi connectivity index (χ0n) is 26.9. The molecule has 0 radical (unpaired) electrons. The molecule has 0 unspecified atom stereocenters. The van der Waals surface area contributed by atoms with E-state index in [2.05, 4.69) is 5.32 Å². The van der Waals surface area contributed by atoms with Crippen LogP contribution in [-0.4, -0.2) is 50.9 Å². The largest absolute Gasteiger partial charge is 0.495 e. The van der Waals surface area contributed by atoms with Gasteiger partial charge in [0.05, 0.1) is 22.7 Å². The summed E-state index contributed by atoms with van der Waals surface area (Å²) >= 11 is 6.45. The lowest BCUT2D eigenvalue weighted by Gasteiger charge is -2.34. The van der Waals surface area contributed by atoms with Crippen molar-refractivity contribution >= 4 is 39.1 Å². The van der Waals surface area contributed by atoms with Crippen molar-refractivity contribution in [2.45, 2.75) is 62.6 Å². The highest BCUT2D eigenvalue weighted by atomic mass is 35.5. The van der Waals surface area contributed by atoms with Crippen LogP contribution in [0.25, 0.3) is 0 Å². The number of hydrogen-bond donors (Lipinski definition) is 1. The van der Waals surface area contributed by atoms with Crippen LogP contribution in [0.15, 0.2) is 102 Å². The van der Waals surface area contributed by atoms with Crippen LogP contribution < -0.4 is 14.4 Å². The summed E-state index contributed by atoms with van der Waals surface area (Å²) in [6.45, 7) is 1.15. The fraction of sp³-hybridized carbons (Fsp3) is 0.297. The Kier molecular flexibility index (Phi) is 11.4. The number of methoxy groups -OCH3 is 1. The molecule has 1 aliphatic rings. The first-order chi connectivity index (χ1) is 23.0. The van der Waals surface area contributed by atoms with Gasteiger partial charge in [-0.25, -0.2) is 12.8 Å². The highest BCUT2D eigenvalue weighted by Crippen LogP contribution is 2.32. The van der Waals surface area contributed by atoms with Crippen LogP contribution in [0.2, 0.25) is 5.02 Å². The van der Waals surface area contributed by atoms with E-state index < -0.39 is 34.3 Å². The fourth-order valence-electron chi connectivity index (χ4n) is 5.88. The van der Waals surface area contributed by atoms with Crippen LogP contribution in [0.4, 0.5) is 10.1 Å². The number of nitrogens with zero attached hydrogens (tertiary/aromatic N) is 2. The zero-order chi connectivity index (χ0) is 34.3. The van der Waals surface area contributed by atoms with Crippen LogP contribution in [0, 0.1) is 12.7 Å². The summed E-state index contributed by atoms with van der Waals surface area (Å²) in [6, 6.07) is 24.8. The van der Waals surface area contributed by atoms with Crippen molar-refractivity contribution in [3.63, 3.8) is 0 Å². The summed E-state index contributed by atoms with van der Waals surface area (Å²) in [6.07, 6.45) is 3.88. The van der Waals surface area contributed by atoms with Crippen molar-refractivity contribution in [1.29, 1.82) is 0 Å². The van der Waals surface area contributed by atoms with Gasteiger partial charge in [-0.1, -0.05) is 84.6 Å². The van der Waals surface area contributed by atoms with Gasteiger partial charge in [-0.05, 0) is 73.4 Å². The Labute approximate surface area is 286 Å². The molecule has 1 aliphatic carbocycles. The highest BCUT2D eigenvalue weighted by molar-refractivity contribution is 7.92. The topological polar surface area (TPSA) is 96.0 Å². The van der Waals surface area contributed by atoms with Gasteiger partial charge < -0.3 is 15.0 Å². The maximum atomic E-state index is 14.6. The highest BCUT2D eigenvalue weighted by Gasteiger charge is 2.35. The minimum atomic E-state index is -4.30. The Morgan fingerprint density at radius 3 is 2.23 bits per heavy atom. The molecule has 2 amide bonds. The molecule has 4 aromatic carbocycles. The quantitative estimate of drug-likeness (QED) is 0.169. The maximum absolute atomic E-state index is 14.6. The molecule has 0 spiro atoms. The zero-order valence-corrected chi connectivity index (χ0v) is 28.5. The van der Waals surface area contributed by atoms with Gasteiger partial charge in [0.15, 0.2) is 0 Å². The van der Waals surface area contributed by atoms with Crippen molar-refractivity contribution in [2.24, 2.45) is 0 Å². The van der Waals surface area contributed by atoms with Crippen molar-refractivity contribution in [3.8, 4) is 5.75 Å². The summed E-state index contributed by atoms with van der Waals surface area (Å²) in [5.74, 6) is -1.06. The molecule has 252 valence electrons. The minimum Gasteiger partial charge on any atom is -0.495 e. The molecule has 48 heavy (non-hydrogen) atoms. The number of halogens is 2. The second kappa shape index (κ2) is 15.7. The fourth-order valence-corrected chi connectivity index (χ4v) is 7.54. The Balaban J connectivity index is 1.58. The number of carbonyl (C=O) groups is 2. The van der Waals surface area contributed by atoms with Crippen molar-refractivity contribution < 1.29 is 27.1 Å². The first-order valence-corrected chi connectivity index (χ1v) is 17.7. The molecule has 0 bridgehead atoms. The summed E-state index contributed by atoms with van der Waals surface area (Å²) in [7, 11) is -2.86. The van der Waals surface area contributed by atoms with Gasteiger partial charge in [0.25, 0.3) is 10.0 Å². The number of sulfonamides is 1. The van der Waals surface area contributed by atoms with E-state index in [9.17, 15) is 22.4 Å². The van der Waals surface area contributed by atoms with E-state index in [1.54, 1.807) is 24.3 Å². The van der Waals surface area contributed by atoms with Gasteiger partial charge in [-0.3, -0.25) is 13.9 Å².